The Morgan fingerprint density at radius 2 is 2.05 bits per heavy atom. The van der Waals surface area contributed by atoms with Crippen LogP contribution < -0.4 is 0 Å². The minimum absolute atomic E-state index is 0.493. The molecule has 0 saturated heterocycles. The van der Waals surface area contributed by atoms with Crippen molar-refractivity contribution in [3.05, 3.63) is 60.0 Å². The van der Waals surface area contributed by atoms with Gasteiger partial charge in [-0.05, 0) is 36.8 Å². The van der Waals surface area contributed by atoms with Crippen LogP contribution in [0.4, 0.5) is 0 Å². The number of carbonyl (C=O) groups excluding carboxylic acids is 1. The monoisotopic (exact) mass is 264 g/mol. The van der Waals surface area contributed by atoms with Gasteiger partial charge in [0.2, 0.25) is 0 Å². The molecule has 0 aliphatic rings. The van der Waals surface area contributed by atoms with Crippen molar-refractivity contribution in [3.63, 3.8) is 0 Å². The van der Waals surface area contributed by atoms with Crippen molar-refractivity contribution in [3.8, 4) is 17.2 Å². The molecule has 3 aromatic rings. The van der Waals surface area contributed by atoms with Crippen molar-refractivity contribution in [2.24, 2.45) is 0 Å². The lowest BCUT2D eigenvalue weighted by Crippen LogP contribution is -1.98. The van der Waals surface area contributed by atoms with E-state index < -0.39 is 0 Å². The molecule has 0 spiro atoms. The third-order valence-electron chi connectivity index (χ3n) is 2.91. The van der Waals surface area contributed by atoms with Crippen LogP contribution in [0.2, 0.25) is 0 Å². The molecule has 3 aromatic heterocycles. The van der Waals surface area contributed by atoms with Gasteiger partial charge in [0.05, 0.1) is 11.3 Å². The zero-order chi connectivity index (χ0) is 13.9. The molecule has 0 unspecified atom stereocenters. The molecule has 0 aliphatic heterocycles. The molecule has 5 nitrogen and oxygen atoms in total. The maximum Gasteiger partial charge on any atom is 0.153 e. The predicted octanol–water partition coefficient (Wildman–Crippen LogP) is 2.45. The highest BCUT2D eigenvalue weighted by Gasteiger charge is 2.12. The van der Waals surface area contributed by atoms with E-state index in [2.05, 4.69) is 15.1 Å². The highest BCUT2D eigenvalue weighted by molar-refractivity contribution is 5.84. The summed E-state index contributed by atoms with van der Waals surface area (Å²) in [6.45, 7) is 1.98. The Hall–Kier alpha value is -2.82. The van der Waals surface area contributed by atoms with Gasteiger partial charge in [-0.3, -0.25) is 9.78 Å². The number of aryl methyl sites for hydroxylation is 1. The van der Waals surface area contributed by atoms with Crippen molar-refractivity contribution >= 4 is 6.29 Å². The number of pyridine rings is 2. The van der Waals surface area contributed by atoms with Crippen LogP contribution in [0.15, 0.2) is 48.9 Å². The van der Waals surface area contributed by atoms with Crippen molar-refractivity contribution < 1.29 is 4.79 Å². The van der Waals surface area contributed by atoms with Gasteiger partial charge in [0.25, 0.3) is 0 Å². The first-order valence-electron chi connectivity index (χ1n) is 6.17. The van der Waals surface area contributed by atoms with Crippen LogP contribution in [0.3, 0.4) is 0 Å². The topological polar surface area (TPSA) is 60.7 Å². The summed E-state index contributed by atoms with van der Waals surface area (Å²) in [5.41, 5.74) is 2.80. The molecule has 3 rings (SSSR count). The van der Waals surface area contributed by atoms with Crippen molar-refractivity contribution in [2.75, 3.05) is 0 Å². The second-order valence-corrected chi connectivity index (χ2v) is 4.40. The van der Waals surface area contributed by atoms with E-state index in [0.717, 1.165) is 11.8 Å². The van der Waals surface area contributed by atoms with Crippen molar-refractivity contribution in [1.29, 1.82) is 0 Å². The van der Waals surface area contributed by atoms with E-state index in [0.29, 0.717) is 22.8 Å². The second-order valence-electron chi connectivity index (χ2n) is 4.40. The molecule has 20 heavy (non-hydrogen) atoms. The summed E-state index contributed by atoms with van der Waals surface area (Å²) in [6, 6.07) is 9.32. The fraction of sp³-hybridized carbons (Fsp3) is 0.0667. The number of aldehydes is 1. The van der Waals surface area contributed by atoms with Crippen LogP contribution in [0.5, 0.6) is 0 Å². The predicted molar refractivity (Wildman–Crippen MR) is 74.7 cm³/mol. The number of hydrogen-bond donors (Lipinski definition) is 0. The molecular formula is C15H12N4O. The quantitative estimate of drug-likeness (QED) is 0.682. The first-order chi connectivity index (χ1) is 9.78. The molecule has 0 fully saturated rings. The summed E-state index contributed by atoms with van der Waals surface area (Å²) >= 11 is 0. The minimum Gasteiger partial charge on any atom is -0.298 e. The third kappa shape index (κ3) is 2.21. The van der Waals surface area contributed by atoms with Crippen LogP contribution in [0, 0.1) is 6.92 Å². The van der Waals surface area contributed by atoms with Gasteiger partial charge >= 0.3 is 0 Å². The summed E-state index contributed by atoms with van der Waals surface area (Å²) in [4.78, 5) is 19.7. The molecule has 0 aromatic carbocycles. The minimum atomic E-state index is 0.493. The highest BCUT2D eigenvalue weighted by Crippen LogP contribution is 2.19. The van der Waals surface area contributed by atoms with Crippen molar-refractivity contribution in [2.45, 2.75) is 6.92 Å². The normalized spacial score (nSPS) is 10.4. The average Bonchev–Trinajstić information content (AvgIpc) is 2.92. The maximum atomic E-state index is 11.2. The largest absolute Gasteiger partial charge is 0.298 e. The maximum absolute atomic E-state index is 11.2. The van der Waals surface area contributed by atoms with E-state index in [4.69, 9.17) is 0 Å². The fourth-order valence-corrected chi connectivity index (χ4v) is 1.94. The number of rotatable bonds is 3. The van der Waals surface area contributed by atoms with Crippen LogP contribution in [-0.2, 0) is 0 Å². The molecule has 0 radical (unpaired) electrons. The summed E-state index contributed by atoms with van der Waals surface area (Å²) in [6.07, 6.45) is 5.84. The zero-order valence-corrected chi connectivity index (χ0v) is 10.9. The SMILES string of the molecule is Cc1ccnc(-n2cc(C=O)c(-c3ccccn3)n2)c1. The molecule has 0 amide bonds. The summed E-state index contributed by atoms with van der Waals surface area (Å²) in [5.74, 6) is 0.676. The first-order valence-corrected chi connectivity index (χ1v) is 6.17. The number of aromatic nitrogens is 4. The first kappa shape index (κ1) is 12.2. The molecule has 98 valence electrons. The molecular weight excluding hydrogens is 252 g/mol. The lowest BCUT2D eigenvalue weighted by Gasteiger charge is -2.00. The van der Waals surface area contributed by atoms with Gasteiger partial charge < -0.3 is 0 Å². The average molecular weight is 264 g/mol. The van der Waals surface area contributed by atoms with E-state index in [9.17, 15) is 4.79 Å². The fourth-order valence-electron chi connectivity index (χ4n) is 1.94. The Bertz CT molecular complexity index is 750. The van der Waals surface area contributed by atoms with Crippen molar-refractivity contribution in [1.82, 2.24) is 19.7 Å². The number of carbonyl (C=O) groups is 1. The van der Waals surface area contributed by atoms with E-state index in [1.807, 2.05) is 37.3 Å². The third-order valence-corrected chi connectivity index (χ3v) is 2.91. The second kappa shape index (κ2) is 5.05. The Balaban J connectivity index is 2.12. The van der Waals surface area contributed by atoms with Gasteiger partial charge in [0, 0.05) is 18.6 Å². The van der Waals surface area contributed by atoms with E-state index in [1.165, 1.54) is 0 Å². The molecule has 5 heteroatoms. The van der Waals surface area contributed by atoms with Crippen LogP contribution in [0.1, 0.15) is 15.9 Å². The standard InChI is InChI=1S/C15H12N4O/c1-11-5-7-17-14(8-11)19-9-12(10-20)15(18-19)13-4-2-3-6-16-13/h2-10H,1H3. The van der Waals surface area contributed by atoms with Gasteiger partial charge in [-0.15, -0.1) is 0 Å². The number of nitrogens with zero attached hydrogens (tertiary/aromatic N) is 4. The van der Waals surface area contributed by atoms with Gasteiger partial charge in [-0.2, -0.15) is 5.10 Å². The number of hydrogen-bond acceptors (Lipinski definition) is 4. The van der Waals surface area contributed by atoms with E-state index >= 15 is 0 Å². The van der Waals surface area contributed by atoms with E-state index in [1.54, 1.807) is 23.3 Å². The van der Waals surface area contributed by atoms with Gasteiger partial charge in [-0.25, -0.2) is 9.67 Å². The Morgan fingerprint density at radius 3 is 2.75 bits per heavy atom. The smallest absolute Gasteiger partial charge is 0.153 e. The molecule has 3 heterocycles. The van der Waals surface area contributed by atoms with Crippen LogP contribution in [-0.4, -0.2) is 26.0 Å². The summed E-state index contributed by atoms with van der Waals surface area (Å²) in [5, 5.41) is 4.42. The summed E-state index contributed by atoms with van der Waals surface area (Å²) in [7, 11) is 0. The van der Waals surface area contributed by atoms with E-state index in [-0.39, 0.29) is 0 Å². The molecule has 0 N–H and O–H groups in total. The van der Waals surface area contributed by atoms with Gasteiger partial charge in [0.1, 0.15) is 5.69 Å². The highest BCUT2D eigenvalue weighted by atomic mass is 16.1. The molecule has 0 saturated carbocycles. The summed E-state index contributed by atoms with van der Waals surface area (Å²) < 4.78 is 1.60. The van der Waals surface area contributed by atoms with Crippen LogP contribution in [0.25, 0.3) is 17.2 Å². The Labute approximate surface area is 115 Å². The lowest BCUT2D eigenvalue weighted by molar-refractivity contribution is 0.112. The molecule has 0 aliphatic carbocycles. The Morgan fingerprint density at radius 1 is 1.15 bits per heavy atom. The van der Waals surface area contributed by atoms with Crippen LogP contribution >= 0.6 is 0 Å². The lowest BCUT2D eigenvalue weighted by atomic mass is 10.2. The molecule has 0 atom stereocenters. The van der Waals surface area contributed by atoms with Gasteiger partial charge in [0.15, 0.2) is 12.1 Å². The Kier molecular flexibility index (Phi) is 3.09. The molecule has 0 bridgehead atoms. The zero-order valence-electron chi connectivity index (χ0n) is 10.9. The van der Waals surface area contributed by atoms with Gasteiger partial charge in [-0.1, -0.05) is 6.07 Å².